The number of aryl methyl sites for hydroxylation is 2. The summed E-state index contributed by atoms with van der Waals surface area (Å²) in [5.74, 6) is -0.270. The molecule has 2 heterocycles. The van der Waals surface area contributed by atoms with Gasteiger partial charge in [0.1, 0.15) is 5.82 Å². The molecule has 0 amide bonds. The summed E-state index contributed by atoms with van der Waals surface area (Å²) in [6.07, 6.45) is 1.22. The maximum Gasteiger partial charge on any atom is 0.329 e. The lowest BCUT2D eigenvalue weighted by Crippen LogP contribution is -2.29. The van der Waals surface area contributed by atoms with E-state index in [1.165, 1.54) is 30.0 Å². The molecule has 0 aliphatic rings. The smallest absolute Gasteiger partial charge is 0.303 e. The minimum atomic E-state index is -0.563. The molecule has 25 heavy (non-hydrogen) atoms. The molecule has 3 aromatic rings. The lowest BCUT2D eigenvalue weighted by molar-refractivity contribution is 0.626. The third-order valence-electron chi connectivity index (χ3n) is 3.68. The van der Waals surface area contributed by atoms with Gasteiger partial charge >= 0.3 is 5.69 Å². The fraction of sp³-hybridized carbons (Fsp3) is 0.200. The Morgan fingerprint density at radius 3 is 2.88 bits per heavy atom. The Morgan fingerprint density at radius 2 is 2.20 bits per heavy atom. The lowest BCUT2D eigenvalue weighted by Gasteiger charge is -2.04. The first kappa shape index (κ1) is 16.9. The van der Waals surface area contributed by atoms with E-state index >= 15 is 0 Å². The number of anilines is 1. The zero-order valence-electron chi connectivity index (χ0n) is 13.4. The van der Waals surface area contributed by atoms with Crippen molar-refractivity contribution in [3.8, 4) is 0 Å². The summed E-state index contributed by atoms with van der Waals surface area (Å²) in [4.78, 5) is 30.2. The highest BCUT2D eigenvalue weighted by Gasteiger charge is 2.15. The summed E-state index contributed by atoms with van der Waals surface area (Å²) in [6, 6.07) is 4.30. The van der Waals surface area contributed by atoms with E-state index in [1.807, 2.05) is 6.92 Å². The maximum absolute atomic E-state index is 13.7. The number of halogens is 2. The SMILES string of the molecule is CCn1c(NN=Cc2c(F)cccc2Cl)nc2c1c(=O)[nH]c(=O)n2C. The third kappa shape index (κ3) is 2.93. The standard InChI is InChI=1S/C15H14ClFN6O2/c1-3-23-11-12(22(2)15(25)20-13(11)24)19-14(23)21-18-7-8-9(16)5-4-6-10(8)17/h4-7H,3H2,1-2H3,(H,19,21)(H,20,24,25). The van der Waals surface area contributed by atoms with Crippen molar-refractivity contribution in [2.24, 2.45) is 12.1 Å². The van der Waals surface area contributed by atoms with Crippen LogP contribution in [-0.2, 0) is 13.6 Å². The van der Waals surface area contributed by atoms with Crippen molar-refractivity contribution < 1.29 is 4.39 Å². The molecule has 0 fully saturated rings. The third-order valence-corrected chi connectivity index (χ3v) is 4.01. The lowest BCUT2D eigenvalue weighted by atomic mass is 10.2. The summed E-state index contributed by atoms with van der Waals surface area (Å²) >= 11 is 5.93. The Hall–Kier alpha value is -2.94. The van der Waals surface area contributed by atoms with Crippen LogP contribution in [0, 0.1) is 5.82 Å². The summed E-state index contributed by atoms with van der Waals surface area (Å²) in [5.41, 5.74) is 2.14. The van der Waals surface area contributed by atoms with Crippen LogP contribution in [0.15, 0.2) is 32.9 Å². The highest BCUT2D eigenvalue weighted by Crippen LogP contribution is 2.18. The summed E-state index contributed by atoms with van der Waals surface area (Å²) in [6.45, 7) is 2.23. The van der Waals surface area contributed by atoms with Crippen molar-refractivity contribution >= 4 is 34.9 Å². The zero-order valence-corrected chi connectivity index (χ0v) is 14.1. The highest BCUT2D eigenvalue weighted by molar-refractivity contribution is 6.33. The molecule has 0 aliphatic carbocycles. The van der Waals surface area contributed by atoms with Gasteiger partial charge in [-0.15, -0.1) is 0 Å². The van der Waals surface area contributed by atoms with Gasteiger partial charge in [-0.25, -0.2) is 14.6 Å². The van der Waals surface area contributed by atoms with E-state index in [9.17, 15) is 14.0 Å². The van der Waals surface area contributed by atoms with E-state index in [1.54, 1.807) is 10.6 Å². The molecule has 130 valence electrons. The molecule has 0 aliphatic heterocycles. The van der Waals surface area contributed by atoms with Crippen LogP contribution in [0.1, 0.15) is 12.5 Å². The van der Waals surface area contributed by atoms with Crippen LogP contribution in [0.5, 0.6) is 0 Å². The first-order valence-corrected chi connectivity index (χ1v) is 7.74. The van der Waals surface area contributed by atoms with Crippen LogP contribution in [0.3, 0.4) is 0 Å². The molecule has 10 heteroatoms. The number of benzene rings is 1. The molecular formula is C15H14ClFN6O2. The number of hydrogen-bond donors (Lipinski definition) is 2. The first-order chi connectivity index (χ1) is 11.9. The van der Waals surface area contributed by atoms with E-state index in [-0.39, 0.29) is 27.7 Å². The summed E-state index contributed by atoms with van der Waals surface area (Å²) < 4.78 is 16.5. The predicted molar refractivity (Wildman–Crippen MR) is 93.9 cm³/mol. The van der Waals surface area contributed by atoms with Crippen molar-refractivity contribution in [1.29, 1.82) is 0 Å². The van der Waals surface area contributed by atoms with E-state index in [0.717, 1.165) is 0 Å². The van der Waals surface area contributed by atoms with E-state index in [4.69, 9.17) is 11.6 Å². The second-order valence-corrected chi connectivity index (χ2v) is 5.58. The van der Waals surface area contributed by atoms with Gasteiger partial charge in [0.05, 0.1) is 11.2 Å². The molecule has 8 nitrogen and oxygen atoms in total. The Balaban J connectivity index is 2.04. The molecule has 0 saturated carbocycles. The molecule has 3 rings (SSSR count). The van der Waals surface area contributed by atoms with Crippen molar-refractivity contribution in [3.63, 3.8) is 0 Å². The van der Waals surface area contributed by atoms with Crippen LogP contribution in [0.2, 0.25) is 5.02 Å². The Kier molecular flexibility index (Phi) is 4.41. The number of fused-ring (bicyclic) bond motifs is 1. The molecule has 2 N–H and O–H groups in total. The first-order valence-electron chi connectivity index (χ1n) is 7.36. The molecular weight excluding hydrogens is 351 g/mol. The number of H-pyrrole nitrogens is 1. The molecule has 0 spiro atoms. The van der Waals surface area contributed by atoms with Crippen LogP contribution in [0.4, 0.5) is 10.3 Å². The molecule has 0 atom stereocenters. The van der Waals surface area contributed by atoms with E-state index in [0.29, 0.717) is 6.54 Å². The van der Waals surface area contributed by atoms with Crippen LogP contribution < -0.4 is 16.7 Å². The quantitative estimate of drug-likeness (QED) is 0.543. The molecule has 2 aromatic heterocycles. The van der Waals surface area contributed by atoms with Crippen LogP contribution >= 0.6 is 11.6 Å². The van der Waals surface area contributed by atoms with Gasteiger partial charge in [0.2, 0.25) is 5.95 Å². The predicted octanol–water partition coefficient (Wildman–Crippen LogP) is 1.68. The van der Waals surface area contributed by atoms with Gasteiger partial charge in [-0.05, 0) is 19.1 Å². The summed E-state index contributed by atoms with van der Waals surface area (Å²) in [7, 11) is 1.50. The van der Waals surface area contributed by atoms with Crippen molar-refractivity contribution in [2.45, 2.75) is 13.5 Å². The fourth-order valence-electron chi connectivity index (χ4n) is 2.42. The Labute approximate surface area is 145 Å². The van der Waals surface area contributed by atoms with Gasteiger partial charge in [0.25, 0.3) is 5.56 Å². The van der Waals surface area contributed by atoms with Crippen LogP contribution in [-0.4, -0.2) is 25.3 Å². The minimum Gasteiger partial charge on any atom is -0.303 e. The second kappa shape index (κ2) is 6.52. The Bertz CT molecular complexity index is 1080. The number of aromatic amines is 1. The number of nitrogens with zero attached hydrogens (tertiary/aromatic N) is 4. The van der Waals surface area contributed by atoms with Gasteiger partial charge in [-0.1, -0.05) is 17.7 Å². The minimum absolute atomic E-state index is 0.126. The zero-order chi connectivity index (χ0) is 18.1. The molecule has 0 radical (unpaired) electrons. The second-order valence-electron chi connectivity index (χ2n) is 5.18. The molecule has 1 aromatic carbocycles. The number of hydrazone groups is 1. The maximum atomic E-state index is 13.7. The largest absolute Gasteiger partial charge is 0.329 e. The average molecular weight is 365 g/mol. The molecule has 0 unspecified atom stereocenters. The van der Waals surface area contributed by atoms with Crippen LogP contribution in [0.25, 0.3) is 11.2 Å². The number of nitrogens with one attached hydrogen (secondary N) is 2. The van der Waals surface area contributed by atoms with Gasteiger partial charge in [0, 0.05) is 19.2 Å². The molecule has 0 bridgehead atoms. The topological polar surface area (TPSA) is 97.1 Å². The van der Waals surface area contributed by atoms with Gasteiger partial charge in [-0.2, -0.15) is 10.1 Å². The number of hydrogen-bond acceptors (Lipinski definition) is 5. The van der Waals surface area contributed by atoms with Crippen molar-refractivity contribution in [3.05, 3.63) is 55.4 Å². The monoisotopic (exact) mass is 364 g/mol. The summed E-state index contributed by atoms with van der Waals surface area (Å²) in [5, 5.41) is 4.15. The average Bonchev–Trinajstić information content (AvgIpc) is 2.94. The van der Waals surface area contributed by atoms with Crippen molar-refractivity contribution in [2.75, 3.05) is 5.43 Å². The van der Waals surface area contributed by atoms with E-state index < -0.39 is 17.1 Å². The van der Waals surface area contributed by atoms with Crippen molar-refractivity contribution in [1.82, 2.24) is 19.1 Å². The van der Waals surface area contributed by atoms with Gasteiger partial charge in [-0.3, -0.25) is 14.3 Å². The van der Waals surface area contributed by atoms with E-state index in [2.05, 4.69) is 20.5 Å². The highest BCUT2D eigenvalue weighted by atomic mass is 35.5. The van der Waals surface area contributed by atoms with Gasteiger partial charge in [0.15, 0.2) is 11.2 Å². The number of imidazole rings is 1. The number of aromatic nitrogens is 4. The molecule has 0 saturated heterocycles. The number of rotatable bonds is 4. The fourth-order valence-corrected chi connectivity index (χ4v) is 2.63. The van der Waals surface area contributed by atoms with Gasteiger partial charge < -0.3 is 4.57 Å². The Morgan fingerprint density at radius 1 is 1.44 bits per heavy atom. The normalized spacial score (nSPS) is 11.5.